The highest BCUT2D eigenvalue weighted by atomic mass is 32.2. The molecule has 2 aliphatic rings. The lowest BCUT2D eigenvalue weighted by Gasteiger charge is -2.35. The molecule has 0 spiro atoms. The first-order chi connectivity index (χ1) is 15.5. The third-order valence-electron chi connectivity index (χ3n) is 6.61. The second-order valence-corrected chi connectivity index (χ2v) is 11.8. The second kappa shape index (κ2) is 10.9. The molecular weight excluding hydrogens is 442 g/mol. The van der Waals surface area contributed by atoms with Crippen molar-refractivity contribution in [1.29, 1.82) is 0 Å². The Morgan fingerprint density at radius 2 is 1.72 bits per heavy atom. The number of likely N-dealkylation sites (tertiary alicyclic amines) is 1. The third-order valence-corrected chi connectivity index (χ3v) is 8.90. The lowest BCUT2D eigenvalue weighted by molar-refractivity contribution is 0.0901. The van der Waals surface area contributed by atoms with Gasteiger partial charge in [-0.3, -0.25) is 4.79 Å². The first kappa shape index (κ1) is 23.4. The smallest absolute Gasteiger partial charge is 0.251 e. The van der Waals surface area contributed by atoms with Gasteiger partial charge in [-0.05, 0) is 67.3 Å². The molecule has 2 N–H and O–H groups in total. The topological polar surface area (TPSA) is 78.5 Å². The number of thiophene rings is 1. The Kier molecular flexibility index (Phi) is 7.99. The number of benzene rings is 1. The van der Waals surface area contributed by atoms with E-state index in [1.807, 2.05) is 17.5 Å². The molecule has 1 aliphatic carbocycles. The first-order valence-corrected chi connectivity index (χ1v) is 14.0. The van der Waals surface area contributed by atoms with E-state index in [4.69, 9.17) is 0 Å². The van der Waals surface area contributed by atoms with E-state index in [1.54, 1.807) is 12.1 Å². The maximum Gasteiger partial charge on any atom is 0.251 e. The van der Waals surface area contributed by atoms with E-state index in [-0.39, 0.29) is 23.4 Å². The van der Waals surface area contributed by atoms with E-state index in [9.17, 15) is 13.2 Å². The molecule has 1 aromatic heterocycles. The summed E-state index contributed by atoms with van der Waals surface area (Å²) in [5, 5.41) is 5.05. The molecule has 2 fully saturated rings. The van der Waals surface area contributed by atoms with Gasteiger partial charge in [-0.1, -0.05) is 25.3 Å². The third kappa shape index (κ3) is 6.41. The molecule has 1 aliphatic heterocycles. The van der Waals surface area contributed by atoms with Gasteiger partial charge in [0.05, 0.1) is 4.90 Å². The molecule has 1 saturated heterocycles. The molecule has 32 heavy (non-hydrogen) atoms. The number of nitrogens with zero attached hydrogens (tertiary/aromatic N) is 1. The number of amides is 1. The summed E-state index contributed by atoms with van der Waals surface area (Å²) in [5.74, 6) is 0.718. The minimum Gasteiger partial charge on any atom is -0.349 e. The highest BCUT2D eigenvalue weighted by Gasteiger charge is 2.24. The van der Waals surface area contributed by atoms with Crippen molar-refractivity contribution in [3.8, 4) is 0 Å². The maximum atomic E-state index is 12.7. The average molecular weight is 476 g/mol. The van der Waals surface area contributed by atoms with Gasteiger partial charge in [-0.15, -0.1) is 11.3 Å². The van der Waals surface area contributed by atoms with Gasteiger partial charge in [0.15, 0.2) is 0 Å². The van der Waals surface area contributed by atoms with Crippen LogP contribution in [0.25, 0.3) is 0 Å². The maximum absolute atomic E-state index is 12.7. The Labute approximate surface area is 195 Å². The van der Waals surface area contributed by atoms with Gasteiger partial charge in [0.25, 0.3) is 5.91 Å². The van der Waals surface area contributed by atoms with Crippen LogP contribution in [0.1, 0.15) is 60.2 Å². The van der Waals surface area contributed by atoms with E-state index in [0.717, 1.165) is 36.7 Å². The van der Waals surface area contributed by atoms with E-state index >= 15 is 0 Å². The normalized spacial score (nSPS) is 19.1. The Bertz CT molecular complexity index is 960. The number of sulfonamides is 1. The summed E-state index contributed by atoms with van der Waals surface area (Å²) in [7, 11) is -3.61. The Balaban J connectivity index is 1.24. The molecule has 0 atom stereocenters. The van der Waals surface area contributed by atoms with Crippen molar-refractivity contribution < 1.29 is 13.2 Å². The molecule has 4 rings (SSSR count). The van der Waals surface area contributed by atoms with Crippen molar-refractivity contribution in [2.75, 3.05) is 19.6 Å². The SMILES string of the molecule is O=C(NC1CCN(CC2CCCCC2)CC1)c1ccc(S(=O)(=O)NCc2cccs2)cc1. The summed E-state index contributed by atoms with van der Waals surface area (Å²) >= 11 is 1.51. The zero-order valence-corrected chi connectivity index (χ0v) is 20.1. The molecule has 2 heterocycles. The van der Waals surface area contributed by atoms with Crippen LogP contribution < -0.4 is 10.0 Å². The summed E-state index contributed by atoms with van der Waals surface area (Å²) in [4.78, 5) is 16.3. The summed E-state index contributed by atoms with van der Waals surface area (Å²) in [5.41, 5.74) is 0.492. The lowest BCUT2D eigenvalue weighted by atomic mass is 9.88. The number of carbonyl (C=O) groups is 1. The molecule has 1 amide bonds. The molecule has 0 radical (unpaired) electrons. The van der Waals surface area contributed by atoms with Crippen molar-refractivity contribution >= 4 is 27.3 Å². The molecule has 8 heteroatoms. The van der Waals surface area contributed by atoms with Crippen molar-refractivity contribution in [1.82, 2.24) is 14.9 Å². The van der Waals surface area contributed by atoms with E-state index in [2.05, 4.69) is 14.9 Å². The van der Waals surface area contributed by atoms with Crippen LogP contribution in [-0.2, 0) is 16.6 Å². The molecule has 6 nitrogen and oxygen atoms in total. The largest absolute Gasteiger partial charge is 0.349 e. The fourth-order valence-corrected chi connectivity index (χ4v) is 6.45. The van der Waals surface area contributed by atoms with Crippen LogP contribution in [0.15, 0.2) is 46.7 Å². The van der Waals surface area contributed by atoms with E-state index in [0.29, 0.717) is 5.56 Å². The van der Waals surface area contributed by atoms with Crippen LogP contribution in [0.3, 0.4) is 0 Å². The molecule has 1 aromatic carbocycles. The van der Waals surface area contributed by atoms with Crippen LogP contribution in [0.5, 0.6) is 0 Å². The zero-order valence-electron chi connectivity index (χ0n) is 18.5. The Morgan fingerprint density at radius 3 is 2.38 bits per heavy atom. The molecule has 1 saturated carbocycles. The lowest BCUT2D eigenvalue weighted by Crippen LogP contribution is -2.45. The fraction of sp³-hybridized carbons (Fsp3) is 0.542. The van der Waals surface area contributed by atoms with Crippen LogP contribution >= 0.6 is 11.3 Å². The van der Waals surface area contributed by atoms with E-state index < -0.39 is 10.0 Å². The molecular formula is C24H33N3O3S2. The zero-order chi connectivity index (χ0) is 22.4. The number of hydrogen-bond acceptors (Lipinski definition) is 5. The second-order valence-electron chi connectivity index (χ2n) is 8.98. The van der Waals surface area contributed by atoms with Gasteiger partial charge >= 0.3 is 0 Å². The number of nitrogens with one attached hydrogen (secondary N) is 2. The van der Waals surface area contributed by atoms with Crippen LogP contribution in [0.2, 0.25) is 0 Å². The summed E-state index contributed by atoms with van der Waals surface area (Å²) < 4.78 is 27.6. The van der Waals surface area contributed by atoms with Gasteiger partial charge in [-0.2, -0.15) is 0 Å². The van der Waals surface area contributed by atoms with Gasteiger partial charge in [0.2, 0.25) is 10.0 Å². The number of piperidine rings is 1. The summed E-state index contributed by atoms with van der Waals surface area (Å²) in [6.45, 7) is 3.54. The molecule has 0 bridgehead atoms. The van der Waals surface area contributed by atoms with Gasteiger partial charge < -0.3 is 10.2 Å². The minimum absolute atomic E-state index is 0.133. The van der Waals surface area contributed by atoms with Crippen molar-refractivity contribution in [2.24, 2.45) is 5.92 Å². The Morgan fingerprint density at radius 1 is 1.00 bits per heavy atom. The molecule has 2 aromatic rings. The molecule has 174 valence electrons. The van der Waals surface area contributed by atoms with Crippen LogP contribution in [-0.4, -0.2) is 44.9 Å². The minimum atomic E-state index is -3.61. The predicted molar refractivity (Wildman–Crippen MR) is 128 cm³/mol. The van der Waals surface area contributed by atoms with Gasteiger partial charge in [-0.25, -0.2) is 13.1 Å². The van der Waals surface area contributed by atoms with Gasteiger partial charge in [0.1, 0.15) is 0 Å². The quantitative estimate of drug-likeness (QED) is 0.605. The Hall–Kier alpha value is -1.74. The summed E-state index contributed by atoms with van der Waals surface area (Å²) in [6, 6.07) is 10.1. The van der Waals surface area contributed by atoms with Crippen molar-refractivity contribution in [3.63, 3.8) is 0 Å². The van der Waals surface area contributed by atoms with Gasteiger partial charge in [0, 0.05) is 42.7 Å². The summed E-state index contributed by atoms with van der Waals surface area (Å²) in [6.07, 6.45) is 8.82. The first-order valence-electron chi connectivity index (χ1n) is 11.6. The highest BCUT2D eigenvalue weighted by molar-refractivity contribution is 7.89. The number of carbonyl (C=O) groups excluding carboxylic acids is 1. The average Bonchev–Trinajstić information content (AvgIpc) is 3.34. The van der Waals surface area contributed by atoms with Crippen LogP contribution in [0, 0.1) is 5.92 Å². The number of hydrogen-bond donors (Lipinski definition) is 2. The predicted octanol–water partition coefficient (Wildman–Crippen LogP) is 4.00. The van der Waals surface area contributed by atoms with Crippen molar-refractivity contribution in [3.05, 3.63) is 52.2 Å². The standard InChI is InChI=1S/C24H33N3O3S2/c28-24(26-21-12-14-27(15-13-21)18-19-5-2-1-3-6-19)20-8-10-23(11-9-20)32(29,30)25-17-22-7-4-16-31-22/h4,7-11,16,19,21,25H,1-3,5-6,12-15,17-18H2,(H,26,28). The fourth-order valence-electron chi connectivity index (χ4n) is 4.71. The monoisotopic (exact) mass is 475 g/mol. The molecule has 0 unspecified atom stereocenters. The van der Waals surface area contributed by atoms with E-state index in [1.165, 1.54) is 62.1 Å². The van der Waals surface area contributed by atoms with Crippen molar-refractivity contribution in [2.45, 2.75) is 62.4 Å². The van der Waals surface area contributed by atoms with Crippen LogP contribution in [0.4, 0.5) is 0 Å². The highest BCUT2D eigenvalue weighted by Crippen LogP contribution is 2.25. The number of rotatable bonds is 8.